The summed E-state index contributed by atoms with van der Waals surface area (Å²) in [5.41, 5.74) is -1.01. The molecule has 0 aliphatic carbocycles. The topological polar surface area (TPSA) is 227 Å². The predicted molar refractivity (Wildman–Crippen MR) is 238 cm³/mol. The van der Waals surface area contributed by atoms with E-state index in [-0.39, 0.29) is 43.3 Å². The number of hydrogen-bond donors (Lipinski definition) is 2. The lowest BCUT2D eigenvalue weighted by Gasteiger charge is -2.37. The van der Waals surface area contributed by atoms with E-state index in [0.29, 0.717) is 11.5 Å². The number of hydrogen-bond acceptors (Lipinski definition) is 15. The van der Waals surface area contributed by atoms with Gasteiger partial charge in [0.2, 0.25) is 0 Å². The Morgan fingerprint density at radius 3 is 1.67 bits per heavy atom. The number of carbonyl (C=O) groups is 2. The Morgan fingerprint density at radius 2 is 1.18 bits per heavy atom. The summed E-state index contributed by atoms with van der Waals surface area (Å²) in [6, 6.07) is 24.5. The molecule has 2 N–H and O–H groups in total. The van der Waals surface area contributed by atoms with Gasteiger partial charge in [-0.15, -0.1) is 0 Å². The summed E-state index contributed by atoms with van der Waals surface area (Å²) in [4.78, 5) is 80.4. The molecule has 0 bridgehead atoms. The van der Waals surface area contributed by atoms with Gasteiger partial charge in [-0.05, 0) is 54.8 Å². The molecule has 0 amide bonds. The van der Waals surface area contributed by atoms with E-state index in [2.05, 4.69) is 9.97 Å². The van der Waals surface area contributed by atoms with Crippen LogP contribution in [0.3, 0.4) is 0 Å². The van der Waals surface area contributed by atoms with Crippen molar-refractivity contribution in [2.24, 2.45) is 0 Å². The number of esters is 2. The number of rotatable bonds is 18. The maximum Gasteiger partial charge on any atom is 0.330 e. The second kappa shape index (κ2) is 21.0. The Kier molecular flexibility index (Phi) is 15.2. The molecular weight excluding hydrogens is 879 g/mol. The number of nitrogens with zero attached hydrogens (tertiary/aromatic N) is 2. The minimum absolute atomic E-state index is 0.0404. The van der Waals surface area contributed by atoms with E-state index in [4.69, 9.17) is 42.2 Å². The molecule has 66 heavy (non-hydrogen) atoms. The van der Waals surface area contributed by atoms with Gasteiger partial charge in [-0.2, -0.15) is 0 Å². The lowest BCUT2D eigenvalue weighted by Crippen LogP contribution is -2.38. The fourth-order valence-electron chi connectivity index (χ4n) is 7.96. The van der Waals surface area contributed by atoms with Gasteiger partial charge in [0.1, 0.15) is 54.0 Å². The van der Waals surface area contributed by atoms with Gasteiger partial charge in [0.15, 0.2) is 8.38 Å². The van der Waals surface area contributed by atoms with Gasteiger partial charge in [0.05, 0.1) is 40.6 Å². The van der Waals surface area contributed by atoms with Crippen LogP contribution >= 0.6 is 8.38 Å². The van der Waals surface area contributed by atoms with Gasteiger partial charge in [-0.1, -0.05) is 54.6 Å². The number of carbonyl (C=O) groups excluding carboxylic acids is 2. The molecule has 2 aliphatic heterocycles. The van der Waals surface area contributed by atoms with E-state index in [9.17, 15) is 28.8 Å². The standard InChI is InChI=1S/C46H51N4O15P/c1-27-22-49(44(55)47-42(27)53)39-20-35(62-29(3)51)38(64-39)25-61-66(26-41(52)59-6)65-36-21-40(50-23-28(2)43(54)48-45(50)56)63-37(36)24-60-46(30-10-8-7-9-11-30,31-12-16-33(57-4)17-13-31)32-14-18-34(58-5)19-15-32/h7-19,22-23,35-40H,20-21,24-26H2,1-6H3,(H,47,53,55)(H,48,54,56)/t35-,36-,37+,38+,39+,40+,66?/m0/s1. The van der Waals surface area contributed by atoms with Crippen molar-refractivity contribution in [3.63, 3.8) is 0 Å². The monoisotopic (exact) mass is 930 g/mol. The zero-order valence-electron chi connectivity index (χ0n) is 37.1. The second-order valence-corrected chi connectivity index (χ2v) is 17.1. The molecule has 0 radical (unpaired) electrons. The third-order valence-electron chi connectivity index (χ3n) is 11.3. The number of aromatic nitrogens is 4. The summed E-state index contributed by atoms with van der Waals surface area (Å²) in [6.07, 6.45) is -3.09. The molecule has 20 heteroatoms. The molecule has 2 saturated heterocycles. The van der Waals surface area contributed by atoms with E-state index in [0.717, 1.165) is 16.7 Å². The number of methoxy groups -OCH3 is 3. The van der Waals surface area contributed by atoms with Gasteiger partial charge in [0, 0.05) is 43.3 Å². The minimum Gasteiger partial charge on any atom is -0.497 e. The summed E-state index contributed by atoms with van der Waals surface area (Å²) < 4.78 is 57.1. The van der Waals surface area contributed by atoms with Gasteiger partial charge in [-0.25, -0.2) is 9.59 Å². The summed E-state index contributed by atoms with van der Waals surface area (Å²) in [7, 11) is 2.19. The molecular formula is C46H51N4O15P. The first-order chi connectivity index (χ1) is 31.7. The summed E-state index contributed by atoms with van der Waals surface area (Å²) in [5, 5.41) is 0. The Balaban J connectivity index is 1.23. The molecule has 2 aromatic heterocycles. The molecule has 3 aromatic carbocycles. The highest BCUT2D eigenvalue weighted by molar-refractivity contribution is 7.48. The first kappa shape index (κ1) is 47.7. The maximum atomic E-state index is 13.3. The average molecular weight is 931 g/mol. The molecule has 7 rings (SSSR count). The summed E-state index contributed by atoms with van der Waals surface area (Å²) in [5.74, 6) is -0.00179. The van der Waals surface area contributed by atoms with E-state index in [1.807, 2.05) is 78.9 Å². The van der Waals surface area contributed by atoms with Gasteiger partial charge in [-0.3, -0.25) is 38.3 Å². The second-order valence-electron chi connectivity index (χ2n) is 15.7. The van der Waals surface area contributed by atoms with Crippen molar-refractivity contribution in [1.82, 2.24) is 19.1 Å². The quantitative estimate of drug-likeness (QED) is 0.0716. The highest BCUT2D eigenvalue weighted by atomic mass is 31.2. The van der Waals surface area contributed by atoms with E-state index in [1.54, 1.807) is 21.1 Å². The Labute approximate surface area is 379 Å². The SMILES string of the molecule is COC(=O)CP(OC[C@H]1O[C@@H](n2cc(C)c(=O)[nH]c2=O)C[C@@H]1OC(C)=O)O[C@H]1C[C@H](n2cc(C)c(=O)[nH]c2=O)O[C@@H]1COC(c1ccccc1)(c1ccc(OC)cc1)c1ccc(OC)cc1. The van der Waals surface area contributed by atoms with Crippen LogP contribution in [0.2, 0.25) is 0 Å². The minimum atomic E-state index is -2.19. The van der Waals surface area contributed by atoms with Crippen LogP contribution in [0.4, 0.5) is 0 Å². The van der Waals surface area contributed by atoms with Crippen LogP contribution in [0.15, 0.2) is 110 Å². The van der Waals surface area contributed by atoms with Crippen LogP contribution in [-0.4, -0.2) is 96.2 Å². The molecule has 2 fully saturated rings. The number of aryl methyl sites for hydroxylation is 2. The first-order valence-corrected chi connectivity index (χ1v) is 22.3. The van der Waals surface area contributed by atoms with Gasteiger partial charge < -0.3 is 42.2 Å². The van der Waals surface area contributed by atoms with E-state index < -0.39 is 85.3 Å². The van der Waals surface area contributed by atoms with E-state index in [1.165, 1.54) is 42.5 Å². The molecule has 1 unspecified atom stereocenters. The summed E-state index contributed by atoms with van der Waals surface area (Å²) >= 11 is 0. The molecule has 0 spiro atoms. The number of nitrogens with one attached hydrogen (secondary N) is 2. The molecule has 0 saturated carbocycles. The lowest BCUT2D eigenvalue weighted by molar-refractivity contribution is -0.150. The van der Waals surface area contributed by atoms with Crippen LogP contribution in [0.1, 0.15) is 60.0 Å². The van der Waals surface area contributed by atoms with Crippen molar-refractivity contribution in [3.8, 4) is 11.5 Å². The van der Waals surface area contributed by atoms with Crippen LogP contribution in [0, 0.1) is 13.8 Å². The normalized spacial score (nSPS) is 21.0. The van der Waals surface area contributed by atoms with Crippen molar-refractivity contribution < 1.29 is 51.8 Å². The molecule has 4 heterocycles. The maximum absolute atomic E-state index is 13.3. The van der Waals surface area contributed by atoms with Gasteiger partial charge in [0.25, 0.3) is 11.1 Å². The predicted octanol–water partition coefficient (Wildman–Crippen LogP) is 4.12. The number of aromatic amines is 2. The van der Waals surface area contributed by atoms with Crippen LogP contribution in [0.5, 0.6) is 11.5 Å². The zero-order valence-corrected chi connectivity index (χ0v) is 38.0. The first-order valence-electron chi connectivity index (χ1n) is 21.0. The van der Waals surface area contributed by atoms with Crippen LogP contribution in [0.25, 0.3) is 0 Å². The van der Waals surface area contributed by atoms with Crippen molar-refractivity contribution in [2.75, 3.05) is 40.7 Å². The molecule has 350 valence electrons. The Hall–Kier alpha value is -6.21. The number of ether oxygens (including phenoxy) is 7. The molecule has 7 atom stereocenters. The van der Waals surface area contributed by atoms with Crippen molar-refractivity contribution in [2.45, 2.75) is 76.1 Å². The highest BCUT2D eigenvalue weighted by Crippen LogP contribution is 2.47. The van der Waals surface area contributed by atoms with Crippen molar-refractivity contribution in [1.29, 1.82) is 0 Å². The molecule has 19 nitrogen and oxygen atoms in total. The number of H-pyrrole nitrogens is 2. The highest BCUT2D eigenvalue weighted by Gasteiger charge is 2.45. The fourth-order valence-corrected chi connectivity index (χ4v) is 9.37. The van der Waals surface area contributed by atoms with Gasteiger partial charge >= 0.3 is 23.3 Å². The zero-order chi connectivity index (χ0) is 47.1. The third-order valence-corrected chi connectivity index (χ3v) is 12.8. The van der Waals surface area contributed by atoms with Crippen LogP contribution < -0.4 is 32.0 Å². The molecule has 5 aromatic rings. The average Bonchev–Trinajstić information content (AvgIpc) is 3.91. The Morgan fingerprint density at radius 1 is 0.697 bits per heavy atom. The fraction of sp³-hybridized carbons (Fsp3) is 0.391. The Bertz CT molecular complexity index is 2670. The van der Waals surface area contributed by atoms with E-state index >= 15 is 0 Å². The lowest BCUT2D eigenvalue weighted by atomic mass is 9.80. The third kappa shape index (κ3) is 10.6. The molecule has 2 aliphatic rings. The van der Waals surface area contributed by atoms with Crippen LogP contribution in [-0.2, 0) is 47.9 Å². The number of benzene rings is 3. The van der Waals surface area contributed by atoms with Crippen molar-refractivity contribution in [3.05, 3.63) is 161 Å². The smallest absolute Gasteiger partial charge is 0.330 e. The van der Waals surface area contributed by atoms with Crippen molar-refractivity contribution >= 4 is 20.3 Å². The largest absolute Gasteiger partial charge is 0.497 e. The summed E-state index contributed by atoms with van der Waals surface area (Å²) in [6.45, 7) is 3.92.